The molecule has 0 aromatic heterocycles. The van der Waals surface area contributed by atoms with Crippen molar-refractivity contribution in [3.05, 3.63) is 35.4 Å². The second kappa shape index (κ2) is 5.75. The monoisotopic (exact) mass is 313 g/mol. The predicted molar refractivity (Wildman–Crippen MR) is 86.2 cm³/mol. The van der Waals surface area contributed by atoms with Crippen LogP contribution < -0.4 is 0 Å². The summed E-state index contributed by atoms with van der Waals surface area (Å²) >= 11 is 0. The lowest BCUT2D eigenvalue weighted by atomic mass is 9.89. The minimum absolute atomic E-state index is 0.115. The summed E-state index contributed by atoms with van der Waals surface area (Å²) in [6, 6.07) is 7.03. The van der Waals surface area contributed by atoms with Crippen molar-refractivity contribution in [2.24, 2.45) is 17.8 Å². The SMILES string of the molecule is CC(CN1C(=O)c2ccccc2C1=O)OCC1CC2CCC1C2. The fraction of sp³-hybridized carbons (Fsp3) is 0.579. The lowest BCUT2D eigenvalue weighted by molar-refractivity contribution is 0.00935. The normalized spacial score (nSPS) is 30.1. The molecule has 4 unspecified atom stereocenters. The van der Waals surface area contributed by atoms with Gasteiger partial charge in [-0.3, -0.25) is 14.5 Å². The minimum Gasteiger partial charge on any atom is -0.376 e. The van der Waals surface area contributed by atoms with Crippen LogP contribution in [0.25, 0.3) is 0 Å². The van der Waals surface area contributed by atoms with Crippen LogP contribution in [0.2, 0.25) is 0 Å². The number of nitrogens with zero attached hydrogens (tertiary/aromatic N) is 1. The molecule has 122 valence electrons. The summed E-state index contributed by atoms with van der Waals surface area (Å²) in [6.45, 7) is 3.06. The van der Waals surface area contributed by atoms with E-state index in [-0.39, 0.29) is 17.9 Å². The first-order valence-electron chi connectivity index (χ1n) is 8.70. The van der Waals surface area contributed by atoms with Gasteiger partial charge < -0.3 is 4.74 Å². The van der Waals surface area contributed by atoms with Crippen molar-refractivity contribution in [2.45, 2.75) is 38.7 Å². The minimum atomic E-state index is -0.194. The van der Waals surface area contributed by atoms with Gasteiger partial charge in [0.25, 0.3) is 11.8 Å². The molecule has 2 fully saturated rings. The first kappa shape index (κ1) is 14.9. The molecule has 1 aromatic rings. The zero-order chi connectivity index (χ0) is 16.0. The van der Waals surface area contributed by atoms with Crippen molar-refractivity contribution in [1.29, 1.82) is 0 Å². The van der Waals surface area contributed by atoms with Gasteiger partial charge in [-0.1, -0.05) is 18.6 Å². The standard InChI is InChI=1S/C19H23NO3/c1-12(23-11-15-9-13-6-7-14(15)8-13)10-20-18(21)16-4-2-3-5-17(16)19(20)22/h2-5,12-15H,6-11H2,1H3. The molecule has 3 aliphatic rings. The number of benzene rings is 1. The predicted octanol–water partition coefficient (Wildman–Crippen LogP) is 3.12. The molecule has 4 atom stereocenters. The summed E-state index contributed by atoms with van der Waals surface area (Å²) in [6.07, 6.45) is 5.30. The lowest BCUT2D eigenvalue weighted by Crippen LogP contribution is -2.37. The fourth-order valence-electron chi connectivity index (χ4n) is 4.58. The second-order valence-electron chi connectivity index (χ2n) is 7.35. The van der Waals surface area contributed by atoms with Crippen molar-refractivity contribution in [3.63, 3.8) is 0 Å². The van der Waals surface area contributed by atoms with E-state index in [1.165, 1.54) is 30.6 Å². The fourth-order valence-corrected chi connectivity index (χ4v) is 4.58. The summed E-state index contributed by atoms with van der Waals surface area (Å²) in [5.41, 5.74) is 1.02. The number of carbonyl (C=O) groups excluding carboxylic acids is 2. The molecular weight excluding hydrogens is 290 g/mol. The summed E-state index contributed by atoms with van der Waals surface area (Å²) in [4.78, 5) is 26.0. The smallest absolute Gasteiger partial charge is 0.261 e. The molecule has 1 aliphatic heterocycles. The van der Waals surface area contributed by atoms with E-state index in [0.717, 1.165) is 18.4 Å². The van der Waals surface area contributed by atoms with Crippen molar-refractivity contribution in [1.82, 2.24) is 4.90 Å². The first-order valence-corrected chi connectivity index (χ1v) is 8.70. The van der Waals surface area contributed by atoms with Gasteiger partial charge in [0.2, 0.25) is 0 Å². The van der Waals surface area contributed by atoms with Gasteiger partial charge in [0, 0.05) is 0 Å². The number of ether oxygens (including phenoxy) is 1. The average Bonchev–Trinajstić information content (AvgIpc) is 3.24. The van der Waals surface area contributed by atoms with Crippen LogP contribution in [0.4, 0.5) is 0 Å². The number of amides is 2. The molecule has 2 bridgehead atoms. The molecule has 2 amide bonds. The molecule has 0 spiro atoms. The molecule has 1 heterocycles. The van der Waals surface area contributed by atoms with Gasteiger partial charge in [-0.15, -0.1) is 0 Å². The highest BCUT2D eigenvalue weighted by molar-refractivity contribution is 6.21. The highest BCUT2D eigenvalue weighted by Crippen LogP contribution is 2.48. The number of rotatable bonds is 5. The molecule has 0 N–H and O–H groups in total. The molecule has 23 heavy (non-hydrogen) atoms. The molecule has 1 aromatic carbocycles. The quantitative estimate of drug-likeness (QED) is 0.785. The van der Waals surface area contributed by atoms with Crippen LogP contribution in [0.1, 0.15) is 53.3 Å². The third-order valence-electron chi connectivity index (χ3n) is 5.80. The van der Waals surface area contributed by atoms with Crippen LogP contribution in [0.5, 0.6) is 0 Å². The van der Waals surface area contributed by atoms with E-state index in [1.807, 2.05) is 6.92 Å². The van der Waals surface area contributed by atoms with E-state index < -0.39 is 0 Å². The Morgan fingerprint density at radius 3 is 2.39 bits per heavy atom. The molecule has 2 saturated carbocycles. The van der Waals surface area contributed by atoms with Gasteiger partial charge in [0.05, 0.1) is 30.4 Å². The van der Waals surface area contributed by atoms with Gasteiger partial charge in [0.1, 0.15) is 0 Å². The van der Waals surface area contributed by atoms with Crippen molar-refractivity contribution < 1.29 is 14.3 Å². The van der Waals surface area contributed by atoms with Crippen molar-refractivity contribution in [3.8, 4) is 0 Å². The van der Waals surface area contributed by atoms with E-state index in [0.29, 0.717) is 23.6 Å². The van der Waals surface area contributed by atoms with Crippen LogP contribution in [0.3, 0.4) is 0 Å². The Bertz CT molecular complexity index is 606. The number of fused-ring (bicyclic) bond motifs is 3. The zero-order valence-corrected chi connectivity index (χ0v) is 13.5. The second-order valence-corrected chi connectivity index (χ2v) is 7.35. The topological polar surface area (TPSA) is 46.6 Å². The van der Waals surface area contributed by atoms with Crippen LogP contribution >= 0.6 is 0 Å². The highest BCUT2D eigenvalue weighted by atomic mass is 16.5. The number of carbonyl (C=O) groups is 2. The van der Waals surface area contributed by atoms with Gasteiger partial charge in [-0.05, 0) is 56.1 Å². The van der Waals surface area contributed by atoms with Crippen LogP contribution in [0, 0.1) is 17.8 Å². The number of hydrogen-bond donors (Lipinski definition) is 0. The van der Waals surface area contributed by atoms with E-state index >= 15 is 0 Å². The summed E-state index contributed by atoms with van der Waals surface area (Å²) in [5.74, 6) is 2.05. The molecule has 4 heteroatoms. The van der Waals surface area contributed by atoms with Gasteiger partial charge in [-0.2, -0.15) is 0 Å². The average molecular weight is 313 g/mol. The summed E-state index contributed by atoms with van der Waals surface area (Å²) < 4.78 is 5.99. The van der Waals surface area contributed by atoms with Gasteiger partial charge in [0.15, 0.2) is 0 Å². The molecule has 0 saturated heterocycles. The first-order chi connectivity index (χ1) is 11.1. The van der Waals surface area contributed by atoms with E-state index in [2.05, 4.69) is 0 Å². The van der Waals surface area contributed by atoms with E-state index in [9.17, 15) is 9.59 Å². The Labute approximate surface area is 136 Å². The van der Waals surface area contributed by atoms with E-state index in [1.54, 1.807) is 24.3 Å². The van der Waals surface area contributed by atoms with E-state index in [4.69, 9.17) is 4.74 Å². The molecule has 0 radical (unpaired) electrons. The Morgan fingerprint density at radius 1 is 1.13 bits per heavy atom. The molecule has 2 aliphatic carbocycles. The molecular formula is C19H23NO3. The zero-order valence-electron chi connectivity index (χ0n) is 13.5. The van der Waals surface area contributed by atoms with Crippen LogP contribution in [-0.2, 0) is 4.74 Å². The largest absolute Gasteiger partial charge is 0.376 e. The Kier molecular flexibility index (Phi) is 3.72. The summed E-state index contributed by atoms with van der Waals surface area (Å²) in [7, 11) is 0. The van der Waals surface area contributed by atoms with Crippen molar-refractivity contribution in [2.75, 3.05) is 13.2 Å². The Morgan fingerprint density at radius 2 is 1.83 bits per heavy atom. The third-order valence-corrected chi connectivity index (χ3v) is 5.80. The highest BCUT2D eigenvalue weighted by Gasteiger charge is 2.40. The number of imide groups is 1. The Balaban J connectivity index is 1.33. The lowest BCUT2D eigenvalue weighted by Gasteiger charge is -2.25. The van der Waals surface area contributed by atoms with Gasteiger partial charge >= 0.3 is 0 Å². The maximum absolute atomic E-state index is 12.4. The van der Waals surface area contributed by atoms with Gasteiger partial charge in [-0.25, -0.2) is 0 Å². The van der Waals surface area contributed by atoms with Crippen LogP contribution in [-0.4, -0.2) is 36.0 Å². The van der Waals surface area contributed by atoms with Crippen LogP contribution in [0.15, 0.2) is 24.3 Å². The molecule has 4 rings (SSSR count). The number of hydrogen-bond acceptors (Lipinski definition) is 3. The van der Waals surface area contributed by atoms with Crippen molar-refractivity contribution >= 4 is 11.8 Å². The summed E-state index contributed by atoms with van der Waals surface area (Å²) in [5, 5.41) is 0. The Hall–Kier alpha value is -1.68. The maximum atomic E-state index is 12.4. The maximum Gasteiger partial charge on any atom is 0.261 e. The molecule has 4 nitrogen and oxygen atoms in total. The third kappa shape index (κ3) is 2.59.